The zero-order valence-electron chi connectivity index (χ0n) is 21.0. The molecule has 36 heavy (non-hydrogen) atoms. The quantitative estimate of drug-likeness (QED) is 0.269. The monoisotopic (exact) mass is 520 g/mol. The largest absolute Gasteiger partial charge is 0.322 e. The molecule has 0 aliphatic carbocycles. The van der Waals surface area contributed by atoms with Crippen molar-refractivity contribution in [3.8, 4) is 5.69 Å². The number of anilines is 1. The molecule has 2 aromatic carbocycles. The first-order valence-electron chi connectivity index (χ1n) is 11.3. The van der Waals surface area contributed by atoms with Crippen molar-refractivity contribution in [3.63, 3.8) is 0 Å². The third-order valence-electron chi connectivity index (χ3n) is 5.88. The normalized spacial score (nSPS) is 12.3. The van der Waals surface area contributed by atoms with Crippen molar-refractivity contribution in [1.82, 2.24) is 4.57 Å². The van der Waals surface area contributed by atoms with E-state index >= 15 is 0 Å². The fourth-order valence-corrected chi connectivity index (χ4v) is 4.69. The van der Waals surface area contributed by atoms with Crippen molar-refractivity contribution in [2.45, 2.75) is 32.6 Å². The first kappa shape index (κ1) is 27.0. The average molecular weight is 521 g/mol. The summed E-state index contributed by atoms with van der Waals surface area (Å²) in [5.74, 6) is -0.283. The third kappa shape index (κ3) is 5.80. The highest BCUT2D eigenvalue weighted by molar-refractivity contribution is 7.90. The molecule has 1 heterocycles. The Morgan fingerprint density at radius 3 is 2.31 bits per heavy atom. The second-order valence-corrected chi connectivity index (χ2v) is 10.9. The molecule has 0 unspecified atom stereocenters. The minimum Gasteiger partial charge on any atom is -0.322 e. The van der Waals surface area contributed by atoms with Gasteiger partial charge in [0.2, 0.25) is 0 Å². The molecule has 0 radical (unpaired) electrons. The molecular weight excluding hydrogens is 492 g/mol. The smallest absolute Gasteiger partial charge is 0.257 e. The average Bonchev–Trinajstić information content (AvgIpc) is 3.15. The van der Waals surface area contributed by atoms with E-state index < -0.39 is 9.84 Å². The van der Waals surface area contributed by atoms with E-state index in [9.17, 15) is 13.2 Å². The molecule has 3 rings (SSSR count). The molecule has 0 saturated carbocycles. The van der Waals surface area contributed by atoms with Crippen LogP contribution in [-0.4, -0.2) is 25.1 Å². The molecule has 0 fully saturated rings. The van der Waals surface area contributed by atoms with E-state index in [2.05, 4.69) is 17.6 Å². The number of carbonyl (C=O) groups excluding carboxylic acids is 1. The van der Waals surface area contributed by atoms with E-state index in [-0.39, 0.29) is 10.8 Å². The van der Waals surface area contributed by atoms with Gasteiger partial charge in [0, 0.05) is 33.9 Å². The van der Waals surface area contributed by atoms with Gasteiger partial charge in [-0.25, -0.2) is 8.42 Å². The van der Waals surface area contributed by atoms with Gasteiger partial charge < -0.3 is 9.88 Å². The SMILES string of the molecule is C=C=C(C)/C(=C\C(Cl)=C/C)c1ccccc1-n1c(C)cc(C(=O)Nc2ccc(S(C)(=O)=O)cc2)c1C. The van der Waals surface area contributed by atoms with Crippen molar-refractivity contribution in [2.75, 3.05) is 11.6 Å². The molecule has 0 atom stereocenters. The van der Waals surface area contributed by atoms with Gasteiger partial charge in [0.25, 0.3) is 5.91 Å². The van der Waals surface area contributed by atoms with Crippen LogP contribution in [0.5, 0.6) is 0 Å². The predicted molar refractivity (Wildman–Crippen MR) is 149 cm³/mol. The summed E-state index contributed by atoms with van der Waals surface area (Å²) in [6, 6.07) is 15.8. The second-order valence-electron chi connectivity index (χ2n) is 8.42. The lowest BCUT2D eigenvalue weighted by atomic mass is 9.97. The molecule has 1 aromatic heterocycles. The summed E-state index contributed by atoms with van der Waals surface area (Å²) >= 11 is 6.36. The lowest BCUT2D eigenvalue weighted by Gasteiger charge is -2.17. The van der Waals surface area contributed by atoms with Gasteiger partial charge in [0.15, 0.2) is 9.84 Å². The standard InChI is InChI=1S/C29H29ClN2O3S/c1-7-19(3)26(18-22(30)8-2)25-11-9-10-12-28(25)32-20(4)17-27(21(32)5)29(33)31-23-13-15-24(16-14-23)36(6,34)35/h8-18H,1H2,2-6H3,(H,31,33)/b22-8+,26-18+. The number of sulfone groups is 1. The Kier molecular flexibility index (Phi) is 8.26. The van der Waals surface area contributed by atoms with Crippen LogP contribution in [-0.2, 0) is 9.84 Å². The Morgan fingerprint density at radius 2 is 1.72 bits per heavy atom. The van der Waals surface area contributed by atoms with Crippen LogP contribution in [0.15, 0.2) is 94.6 Å². The van der Waals surface area contributed by atoms with Gasteiger partial charge in [-0.15, -0.1) is 5.73 Å². The van der Waals surface area contributed by atoms with Crippen LogP contribution in [0, 0.1) is 13.8 Å². The van der Waals surface area contributed by atoms with Crippen LogP contribution in [0.3, 0.4) is 0 Å². The van der Waals surface area contributed by atoms with Gasteiger partial charge in [-0.2, -0.15) is 0 Å². The number of amides is 1. The maximum Gasteiger partial charge on any atom is 0.257 e. The molecule has 186 valence electrons. The van der Waals surface area contributed by atoms with Gasteiger partial charge in [-0.05, 0) is 81.3 Å². The number of nitrogens with one attached hydrogen (secondary N) is 1. The van der Waals surface area contributed by atoms with Crippen molar-refractivity contribution < 1.29 is 13.2 Å². The molecule has 0 aliphatic heterocycles. The number of aromatic nitrogens is 1. The van der Waals surface area contributed by atoms with Crippen LogP contribution < -0.4 is 5.32 Å². The van der Waals surface area contributed by atoms with Crippen LogP contribution in [0.2, 0.25) is 0 Å². The molecule has 7 heteroatoms. The Labute approximate surface area is 218 Å². The summed E-state index contributed by atoms with van der Waals surface area (Å²) in [6.07, 6.45) is 4.85. The predicted octanol–water partition coefficient (Wildman–Crippen LogP) is 7.01. The molecule has 0 spiro atoms. The number of para-hydroxylation sites is 1. The highest BCUT2D eigenvalue weighted by Crippen LogP contribution is 2.32. The first-order chi connectivity index (χ1) is 17.0. The van der Waals surface area contributed by atoms with Crippen LogP contribution in [0.1, 0.15) is 41.2 Å². The zero-order chi connectivity index (χ0) is 26.6. The summed E-state index contributed by atoms with van der Waals surface area (Å²) < 4.78 is 25.4. The maximum atomic E-state index is 13.2. The Hall–Kier alpha value is -3.57. The third-order valence-corrected chi connectivity index (χ3v) is 7.33. The van der Waals surface area contributed by atoms with E-state index in [1.165, 1.54) is 12.1 Å². The topological polar surface area (TPSA) is 68.2 Å². The number of hydrogen-bond donors (Lipinski definition) is 1. The lowest BCUT2D eigenvalue weighted by molar-refractivity contribution is 0.102. The highest BCUT2D eigenvalue weighted by atomic mass is 35.5. The fraction of sp³-hybridized carbons (Fsp3) is 0.172. The molecule has 1 N–H and O–H groups in total. The van der Waals surface area contributed by atoms with E-state index in [1.54, 1.807) is 12.1 Å². The molecule has 1 amide bonds. The number of benzene rings is 2. The molecular formula is C29H29ClN2O3S. The molecule has 0 bridgehead atoms. The van der Waals surface area contributed by atoms with Gasteiger partial charge >= 0.3 is 0 Å². The Bertz CT molecular complexity index is 1540. The number of aryl methyl sites for hydroxylation is 1. The van der Waals surface area contributed by atoms with E-state index in [0.717, 1.165) is 40.0 Å². The maximum absolute atomic E-state index is 13.2. The number of halogens is 1. The highest BCUT2D eigenvalue weighted by Gasteiger charge is 2.20. The zero-order valence-corrected chi connectivity index (χ0v) is 22.6. The summed E-state index contributed by atoms with van der Waals surface area (Å²) in [6.45, 7) is 11.4. The van der Waals surface area contributed by atoms with E-state index in [4.69, 9.17) is 11.6 Å². The fourth-order valence-electron chi connectivity index (χ4n) is 3.95. The number of allylic oxidation sites excluding steroid dienone is 5. The second kappa shape index (κ2) is 11.0. The van der Waals surface area contributed by atoms with Crippen molar-refractivity contribution in [3.05, 3.63) is 112 Å². The number of carbonyl (C=O) groups is 1. The van der Waals surface area contributed by atoms with Crippen molar-refractivity contribution in [1.29, 1.82) is 0 Å². The van der Waals surface area contributed by atoms with Gasteiger partial charge in [-0.1, -0.05) is 42.5 Å². The van der Waals surface area contributed by atoms with Gasteiger partial charge in [0.1, 0.15) is 0 Å². The number of nitrogens with zero attached hydrogens (tertiary/aromatic N) is 1. The van der Waals surface area contributed by atoms with Gasteiger partial charge in [0.05, 0.1) is 16.1 Å². The summed E-state index contributed by atoms with van der Waals surface area (Å²) in [7, 11) is -3.31. The van der Waals surface area contributed by atoms with Crippen LogP contribution >= 0.6 is 11.6 Å². The van der Waals surface area contributed by atoms with E-state index in [1.807, 2.05) is 74.7 Å². The summed E-state index contributed by atoms with van der Waals surface area (Å²) in [5.41, 5.74) is 9.19. The Morgan fingerprint density at radius 1 is 1.08 bits per heavy atom. The Balaban J connectivity index is 2.06. The van der Waals surface area contributed by atoms with Crippen LogP contribution in [0.25, 0.3) is 11.3 Å². The molecule has 0 saturated heterocycles. The number of rotatable bonds is 7. The first-order valence-corrected chi connectivity index (χ1v) is 13.6. The molecule has 3 aromatic rings. The summed E-state index contributed by atoms with van der Waals surface area (Å²) in [5, 5.41) is 3.46. The van der Waals surface area contributed by atoms with E-state index in [0.29, 0.717) is 16.3 Å². The minimum atomic E-state index is -3.31. The summed E-state index contributed by atoms with van der Waals surface area (Å²) in [4.78, 5) is 13.4. The van der Waals surface area contributed by atoms with Crippen molar-refractivity contribution in [2.24, 2.45) is 0 Å². The molecule has 0 aliphatic rings. The molecule has 5 nitrogen and oxygen atoms in total. The van der Waals surface area contributed by atoms with Crippen molar-refractivity contribution >= 4 is 38.6 Å². The minimum absolute atomic E-state index is 0.195. The lowest BCUT2D eigenvalue weighted by Crippen LogP contribution is -2.13. The number of hydrogen-bond acceptors (Lipinski definition) is 3. The van der Waals surface area contributed by atoms with Crippen LogP contribution in [0.4, 0.5) is 5.69 Å². The van der Waals surface area contributed by atoms with Gasteiger partial charge in [-0.3, -0.25) is 4.79 Å².